The van der Waals surface area contributed by atoms with Gasteiger partial charge in [-0.2, -0.15) is 8.42 Å². The quantitative estimate of drug-likeness (QED) is 0.0790. The fourth-order valence-corrected chi connectivity index (χ4v) is 10.3. The minimum atomic E-state index is -4.41. The molecule has 18 nitrogen and oxygen atoms in total. The third-order valence-electron chi connectivity index (χ3n) is 13.1. The zero-order chi connectivity index (χ0) is 49.6. The van der Waals surface area contributed by atoms with E-state index in [0.29, 0.717) is 57.3 Å². The van der Waals surface area contributed by atoms with Gasteiger partial charge in [-0.15, -0.1) is 10.2 Å². The second-order valence-electron chi connectivity index (χ2n) is 17.5. The molecule has 0 bridgehead atoms. The predicted octanol–water partition coefficient (Wildman–Crippen LogP) is 6.58. The molecule has 0 radical (unpaired) electrons. The van der Waals surface area contributed by atoms with Crippen molar-refractivity contribution in [3.05, 3.63) is 141 Å². The molecule has 4 N–H and O–H groups in total. The number of nitrogens with one attached hydrogen (secondary N) is 1. The molecule has 0 spiro atoms. The molecular formula is C51H45N7O11S. The summed E-state index contributed by atoms with van der Waals surface area (Å²) >= 11 is 0. The van der Waals surface area contributed by atoms with Crippen molar-refractivity contribution < 1.29 is 47.0 Å². The Kier molecular flexibility index (Phi) is 11.0. The molecule has 2 aliphatic heterocycles. The Morgan fingerprint density at radius 3 is 2.37 bits per heavy atom. The van der Waals surface area contributed by atoms with Crippen LogP contribution in [0.4, 0.5) is 0 Å². The van der Waals surface area contributed by atoms with E-state index in [-0.39, 0.29) is 81.5 Å². The van der Waals surface area contributed by atoms with Crippen LogP contribution in [0.3, 0.4) is 0 Å². The summed E-state index contributed by atoms with van der Waals surface area (Å²) in [5.74, 6) is -2.12. The number of aromatic nitrogens is 6. The summed E-state index contributed by atoms with van der Waals surface area (Å²) in [6.45, 7) is 9.35. The Bertz CT molecular complexity index is 3730. The lowest BCUT2D eigenvalue weighted by molar-refractivity contribution is -0.172. The van der Waals surface area contributed by atoms with Crippen molar-refractivity contribution in [3.8, 4) is 45.7 Å². The van der Waals surface area contributed by atoms with E-state index in [1.54, 1.807) is 73.3 Å². The Hall–Kier alpha value is -8.16. The Balaban J connectivity index is 0.913. The number of phenols is 2. The summed E-state index contributed by atoms with van der Waals surface area (Å²) in [7, 11) is -4.41. The standard InChI is InChI=1S/C51H45N7O11S/c1-6-33-35-18-31(13-16-40(35)53-44-37(33)24-57-41(44)20-39-38(49(57)63)25-68-50(64)51(39,65)7-2)69-70(66,67)32-14-10-27(11-15-32)48(62)56-22-28-9-12-30(17-29(28)23-56)58-45(54-55-46(58)47(61)52-8-3)36-19-34(26(4)5)42(59)21-43(36)60/h9-23,26,59-60,65H,6-8,24-25H2,1-5H3,(H,52,61). The molecule has 4 aromatic carbocycles. The van der Waals surface area contributed by atoms with E-state index in [4.69, 9.17) is 13.9 Å². The number of aliphatic hydroxyl groups is 1. The number of amides is 1. The maximum absolute atomic E-state index is 13.9. The fraction of sp³-hybridized carbons (Fsp3) is 0.235. The number of carbonyl (C=O) groups is 3. The van der Waals surface area contributed by atoms with Gasteiger partial charge in [0.05, 0.1) is 40.3 Å². The van der Waals surface area contributed by atoms with Crippen molar-refractivity contribution in [2.75, 3.05) is 6.54 Å². The second kappa shape index (κ2) is 16.8. The van der Waals surface area contributed by atoms with Crippen LogP contribution in [-0.2, 0) is 44.8 Å². The largest absolute Gasteiger partial charge is 0.508 e. The van der Waals surface area contributed by atoms with Crippen LogP contribution in [0.25, 0.3) is 50.1 Å². The number of ether oxygens (including phenoxy) is 1. The molecule has 19 heteroatoms. The van der Waals surface area contributed by atoms with Gasteiger partial charge in [-0.25, -0.2) is 9.78 Å². The number of nitrogens with zero attached hydrogens (tertiary/aromatic N) is 6. The lowest BCUT2D eigenvalue weighted by Gasteiger charge is -2.31. The van der Waals surface area contributed by atoms with Gasteiger partial charge in [-0.05, 0) is 104 Å². The van der Waals surface area contributed by atoms with E-state index < -0.39 is 39.1 Å². The summed E-state index contributed by atoms with van der Waals surface area (Å²) in [6, 6.07) is 19.7. The van der Waals surface area contributed by atoms with E-state index >= 15 is 0 Å². The van der Waals surface area contributed by atoms with E-state index in [9.17, 15) is 42.9 Å². The number of cyclic esters (lactones) is 1. The highest BCUT2D eigenvalue weighted by Crippen LogP contribution is 2.42. The van der Waals surface area contributed by atoms with E-state index in [2.05, 4.69) is 15.5 Å². The summed E-state index contributed by atoms with van der Waals surface area (Å²) in [5.41, 5.74) is 2.56. The van der Waals surface area contributed by atoms with Crippen LogP contribution in [0, 0.1) is 0 Å². The molecule has 2 aliphatic rings. The molecule has 0 saturated heterocycles. The Morgan fingerprint density at radius 2 is 1.66 bits per heavy atom. The van der Waals surface area contributed by atoms with Gasteiger partial charge in [-0.1, -0.05) is 33.8 Å². The van der Waals surface area contributed by atoms with Gasteiger partial charge >= 0.3 is 16.1 Å². The second-order valence-corrected chi connectivity index (χ2v) is 19.1. The predicted molar refractivity (Wildman–Crippen MR) is 256 cm³/mol. The van der Waals surface area contributed by atoms with Crippen LogP contribution in [-0.4, -0.2) is 76.9 Å². The van der Waals surface area contributed by atoms with Gasteiger partial charge in [0.25, 0.3) is 17.4 Å². The summed E-state index contributed by atoms with van der Waals surface area (Å²) < 4.78 is 42.7. The van der Waals surface area contributed by atoms with Crippen LogP contribution in [0.15, 0.2) is 101 Å². The molecule has 1 atom stereocenters. The third-order valence-corrected chi connectivity index (χ3v) is 14.3. The topological polar surface area (TPSA) is 247 Å². The average Bonchev–Trinajstić information content (AvgIpc) is 4.08. The molecule has 8 aromatic rings. The zero-order valence-electron chi connectivity index (χ0n) is 38.5. The average molecular weight is 964 g/mol. The molecule has 70 heavy (non-hydrogen) atoms. The molecule has 4 aromatic heterocycles. The number of fused-ring (bicyclic) bond motifs is 6. The number of hydrogen-bond acceptors (Lipinski definition) is 14. The zero-order valence-corrected chi connectivity index (χ0v) is 39.3. The highest BCUT2D eigenvalue weighted by Gasteiger charge is 2.45. The molecule has 6 heterocycles. The molecule has 1 amide bonds. The van der Waals surface area contributed by atoms with Crippen molar-refractivity contribution in [2.45, 2.75) is 77.0 Å². The first-order valence-electron chi connectivity index (χ1n) is 22.6. The van der Waals surface area contributed by atoms with Gasteiger partial charge in [-0.3, -0.25) is 23.5 Å². The minimum Gasteiger partial charge on any atom is -0.508 e. The Labute approximate surface area is 399 Å². The lowest BCUT2D eigenvalue weighted by Crippen LogP contribution is -2.44. The molecule has 1 unspecified atom stereocenters. The Morgan fingerprint density at radius 1 is 0.900 bits per heavy atom. The van der Waals surface area contributed by atoms with Crippen molar-refractivity contribution in [3.63, 3.8) is 0 Å². The van der Waals surface area contributed by atoms with Gasteiger partial charge in [0.1, 0.15) is 28.8 Å². The lowest BCUT2D eigenvalue weighted by atomic mass is 9.86. The normalized spacial score (nSPS) is 15.2. The smallest absolute Gasteiger partial charge is 0.343 e. The van der Waals surface area contributed by atoms with Crippen molar-refractivity contribution in [2.24, 2.45) is 0 Å². The summed E-state index contributed by atoms with van der Waals surface area (Å²) in [6.07, 6.45) is 3.73. The van der Waals surface area contributed by atoms with Crippen LogP contribution in [0.2, 0.25) is 0 Å². The van der Waals surface area contributed by atoms with E-state index in [1.165, 1.54) is 45.5 Å². The van der Waals surface area contributed by atoms with Gasteiger partial charge in [0.2, 0.25) is 5.82 Å². The minimum absolute atomic E-state index is 0.0121. The van der Waals surface area contributed by atoms with Crippen LogP contribution >= 0.6 is 0 Å². The maximum atomic E-state index is 13.9. The SMILES string of the molecule is CCNC(=O)c1nnc(-c2cc(C(C)C)c(O)cc2O)n1-c1ccc2cn(C(=O)c3ccc(S(=O)(=O)Oc4ccc5nc6c(c(CC)c5c4)Cn4c-6cc5c(c4=O)COC(=O)C5(O)CC)cc3)cc2c1. The van der Waals surface area contributed by atoms with Gasteiger partial charge in [0.15, 0.2) is 11.4 Å². The van der Waals surface area contributed by atoms with Crippen molar-refractivity contribution in [1.82, 2.24) is 34.2 Å². The number of aromatic hydroxyl groups is 2. The molecular weight excluding hydrogens is 919 g/mol. The van der Waals surface area contributed by atoms with E-state index in [0.717, 1.165) is 11.1 Å². The fourth-order valence-electron chi connectivity index (χ4n) is 9.39. The van der Waals surface area contributed by atoms with Crippen LogP contribution < -0.4 is 15.1 Å². The molecule has 0 saturated carbocycles. The molecule has 356 valence electrons. The third kappa shape index (κ3) is 7.27. The molecule has 0 fully saturated rings. The number of carbonyl (C=O) groups excluding carboxylic acids is 3. The number of rotatable bonds is 11. The monoisotopic (exact) mass is 963 g/mol. The number of benzene rings is 4. The summed E-state index contributed by atoms with van der Waals surface area (Å²) in [5, 5.41) is 45.8. The number of hydrogen-bond donors (Lipinski definition) is 4. The highest BCUT2D eigenvalue weighted by atomic mass is 32.2. The van der Waals surface area contributed by atoms with Crippen LogP contribution in [0.5, 0.6) is 17.2 Å². The number of esters is 1. The van der Waals surface area contributed by atoms with Crippen molar-refractivity contribution >= 4 is 49.6 Å². The van der Waals surface area contributed by atoms with Gasteiger partial charge < -0.3 is 34.1 Å². The van der Waals surface area contributed by atoms with Crippen LogP contribution in [0.1, 0.15) is 95.8 Å². The summed E-state index contributed by atoms with van der Waals surface area (Å²) in [4.78, 5) is 58.2. The molecule has 0 aliphatic carbocycles. The van der Waals surface area contributed by atoms with Gasteiger partial charge in [0, 0.05) is 57.9 Å². The number of phenolic OH excluding ortho intramolecular Hbond substituents is 2. The first kappa shape index (κ1) is 45.6. The first-order valence-corrected chi connectivity index (χ1v) is 24.0. The van der Waals surface area contributed by atoms with E-state index in [1.807, 2.05) is 20.8 Å². The van der Waals surface area contributed by atoms with Crippen molar-refractivity contribution in [1.29, 1.82) is 0 Å². The molecule has 10 rings (SSSR count). The number of pyridine rings is 2. The number of aryl methyl sites for hydroxylation is 1. The maximum Gasteiger partial charge on any atom is 0.343 e. The highest BCUT2D eigenvalue weighted by molar-refractivity contribution is 7.87. The first-order chi connectivity index (χ1) is 33.5.